The van der Waals surface area contributed by atoms with Crippen LogP contribution in [0.25, 0.3) is 0 Å². The van der Waals surface area contributed by atoms with E-state index in [1.165, 1.54) is 23.9 Å². The fourth-order valence-electron chi connectivity index (χ4n) is 1.75. The van der Waals surface area contributed by atoms with E-state index in [1.54, 1.807) is 6.07 Å². The Morgan fingerprint density at radius 2 is 2.10 bits per heavy atom. The molecule has 0 atom stereocenters. The van der Waals surface area contributed by atoms with Crippen molar-refractivity contribution in [1.29, 1.82) is 0 Å². The summed E-state index contributed by atoms with van der Waals surface area (Å²) in [5.74, 6) is 0.578. The van der Waals surface area contributed by atoms with Gasteiger partial charge >= 0.3 is 6.36 Å². The summed E-state index contributed by atoms with van der Waals surface area (Å²) in [6.45, 7) is 3.98. The Morgan fingerprint density at radius 1 is 1.38 bits per heavy atom. The minimum Gasteiger partial charge on any atom is -0.404 e. The van der Waals surface area contributed by atoms with E-state index in [-0.39, 0.29) is 17.0 Å². The predicted molar refractivity (Wildman–Crippen MR) is 83.0 cm³/mol. The molecule has 0 amide bonds. The molecule has 2 rings (SSSR count). The molecule has 1 aromatic rings. The lowest BCUT2D eigenvalue weighted by Crippen LogP contribution is -2.27. The van der Waals surface area contributed by atoms with Gasteiger partial charge in [-0.15, -0.1) is 13.2 Å². The quantitative estimate of drug-likeness (QED) is 0.778. The van der Waals surface area contributed by atoms with E-state index in [2.05, 4.69) is 31.0 Å². The van der Waals surface area contributed by atoms with Crippen LogP contribution in [0.15, 0.2) is 27.7 Å². The lowest BCUT2D eigenvalue weighted by molar-refractivity contribution is -0.274. The molecule has 0 fully saturated rings. The van der Waals surface area contributed by atoms with Gasteiger partial charge in [0.1, 0.15) is 0 Å². The van der Waals surface area contributed by atoms with Crippen molar-refractivity contribution in [2.24, 2.45) is 4.99 Å². The smallest absolute Gasteiger partial charge is 0.404 e. The molecule has 1 aliphatic rings. The average molecular weight is 383 g/mol. The van der Waals surface area contributed by atoms with E-state index in [9.17, 15) is 13.2 Å². The lowest BCUT2D eigenvalue weighted by atomic mass is 10.0. The van der Waals surface area contributed by atoms with Gasteiger partial charge in [0, 0.05) is 10.2 Å². The van der Waals surface area contributed by atoms with E-state index < -0.39 is 6.36 Å². The van der Waals surface area contributed by atoms with E-state index in [0.29, 0.717) is 9.64 Å². The molecule has 0 bridgehead atoms. The third-order valence-electron chi connectivity index (χ3n) is 2.77. The van der Waals surface area contributed by atoms with Crippen LogP contribution in [0.5, 0.6) is 5.75 Å². The average Bonchev–Trinajstić information content (AvgIpc) is 2.29. The number of halogens is 4. The van der Waals surface area contributed by atoms with Crippen LogP contribution in [0.2, 0.25) is 0 Å². The highest BCUT2D eigenvalue weighted by atomic mass is 79.9. The van der Waals surface area contributed by atoms with Crippen molar-refractivity contribution in [3.63, 3.8) is 0 Å². The first kappa shape index (κ1) is 16.5. The number of nitrogens with zero attached hydrogens (tertiary/aromatic N) is 1. The summed E-state index contributed by atoms with van der Waals surface area (Å²) in [5, 5.41) is 3.52. The third-order valence-corrected chi connectivity index (χ3v) is 4.14. The second-order valence-electron chi connectivity index (χ2n) is 5.14. The Bertz CT molecular complexity index is 561. The fraction of sp³-hybridized carbons (Fsp3) is 0.462. The van der Waals surface area contributed by atoms with Crippen molar-refractivity contribution >= 4 is 38.5 Å². The summed E-state index contributed by atoms with van der Waals surface area (Å²) in [6, 6.07) is 4.44. The number of nitrogens with one attached hydrogen (secondary N) is 1. The monoisotopic (exact) mass is 382 g/mol. The maximum atomic E-state index is 12.5. The summed E-state index contributed by atoms with van der Waals surface area (Å²) in [7, 11) is 0. The first-order valence-corrected chi connectivity index (χ1v) is 7.97. The van der Waals surface area contributed by atoms with Crippen LogP contribution in [-0.2, 0) is 0 Å². The molecule has 1 aliphatic heterocycles. The zero-order valence-electron chi connectivity index (χ0n) is 11.4. The molecule has 1 aromatic carbocycles. The highest BCUT2D eigenvalue weighted by molar-refractivity contribution is 9.10. The van der Waals surface area contributed by atoms with Gasteiger partial charge in [-0.3, -0.25) is 4.99 Å². The van der Waals surface area contributed by atoms with E-state index >= 15 is 0 Å². The number of thioether (sulfide) groups is 1. The normalized spacial score (nSPS) is 18.1. The van der Waals surface area contributed by atoms with Gasteiger partial charge in [-0.1, -0.05) is 27.7 Å². The van der Waals surface area contributed by atoms with Crippen LogP contribution >= 0.6 is 27.7 Å². The fourth-order valence-corrected chi connectivity index (χ4v) is 3.38. The van der Waals surface area contributed by atoms with Crippen molar-refractivity contribution in [3.05, 3.63) is 22.7 Å². The number of hydrogen-bond donors (Lipinski definition) is 1. The Morgan fingerprint density at radius 3 is 2.71 bits per heavy atom. The number of ether oxygens (including phenoxy) is 1. The first-order chi connectivity index (χ1) is 9.65. The number of rotatable bonds is 2. The van der Waals surface area contributed by atoms with Crippen molar-refractivity contribution in [2.75, 3.05) is 11.1 Å². The van der Waals surface area contributed by atoms with Crippen molar-refractivity contribution in [2.45, 2.75) is 32.2 Å². The second kappa shape index (κ2) is 6.08. The summed E-state index contributed by atoms with van der Waals surface area (Å²) in [5.41, 5.74) is 0.0213. The number of alkyl halides is 3. The Balaban J connectivity index is 2.25. The number of aliphatic imine (C=N–C) groups is 1. The van der Waals surface area contributed by atoms with Gasteiger partial charge in [0.15, 0.2) is 10.9 Å². The maximum Gasteiger partial charge on any atom is 0.573 e. The molecule has 8 heteroatoms. The van der Waals surface area contributed by atoms with Gasteiger partial charge in [0.25, 0.3) is 0 Å². The molecule has 0 unspecified atom stereocenters. The molecule has 0 aliphatic carbocycles. The minimum absolute atomic E-state index is 0.214. The molecule has 3 nitrogen and oxygen atoms in total. The molecule has 0 aromatic heterocycles. The van der Waals surface area contributed by atoms with E-state index in [1.807, 2.05) is 13.8 Å². The molecule has 0 saturated carbocycles. The SMILES string of the molecule is CC1(C)CCSC(Nc2ccc(Br)cc2OC(F)(F)F)=N1. The molecule has 1 N–H and O–H groups in total. The van der Waals surface area contributed by atoms with Crippen molar-refractivity contribution < 1.29 is 17.9 Å². The highest BCUT2D eigenvalue weighted by Gasteiger charge is 2.32. The summed E-state index contributed by atoms with van der Waals surface area (Å²) in [4.78, 5) is 4.49. The van der Waals surface area contributed by atoms with E-state index in [4.69, 9.17) is 0 Å². The highest BCUT2D eigenvalue weighted by Crippen LogP contribution is 2.35. The molecule has 0 radical (unpaired) electrons. The standard InChI is InChI=1S/C13H14BrF3N2OS/c1-12(2)5-6-21-11(19-12)18-9-4-3-8(14)7-10(9)20-13(15,16)17/h3-4,7H,5-6H2,1-2H3,(H,18,19). The number of hydrogen-bond acceptors (Lipinski definition) is 4. The third kappa shape index (κ3) is 5.10. The molecule has 21 heavy (non-hydrogen) atoms. The van der Waals surface area contributed by atoms with Gasteiger partial charge in [0.05, 0.1) is 11.2 Å². The van der Waals surface area contributed by atoms with Gasteiger partial charge < -0.3 is 10.1 Å². The minimum atomic E-state index is -4.74. The van der Waals surface area contributed by atoms with Gasteiger partial charge in [0.2, 0.25) is 0 Å². The predicted octanol–water partition coefficient (Wildman–Crippen LogP) is 5.03. The summed E-state index contributed by atoms with van der Waals surface area (Å²) >= 11 is 4.62. The zero-order valence-corrected chi connectivity index (χ0v) is 13.8. The van der Waals surface area contributed by atoms with Crippen molar-refractivity contribution in [3.8, 4) is 5.75 Å². The zero-order chi connectivity index (χ0) is 15.7. The van der Waals surface area contributed by atoms with Crippen LogP contribution in [0.4, 0.5) is 18.9 Å². The maximum absolute atomic E-state index is 12.5. The molecule has 1 heterocycles. The first-order valence-electron chi connectivity index (χ1n) is 6.20. The van der Waals surface area contributed by atoms with Gasteiger partial charge in [-0.25, -0.2) is 0 Å². The van der Waals surface area contributed by atoms with Gasteiger partial charge in [-0.05, 0) is 38.5 Å². The van der Waals surface area contributed by atoms with Gasteiger partial charge in [-0.2, -0.15) is 0 Å². The van der Waals surface area contributed by atoms with Crippen molar-refractivity contribution in [1.82, 2.24) is 0 Å². The molecular formula is C13H14BrF3N2OS. The van der Waals surface area contributed by atoms with Crippen LogP contribution in [0, 0.1) is 0 Å². The molecule has 0 spiro atoms. The second-order valence-corrected chi connectivity index (χ2v) is 7.14. The number of amidine groups is 1. The van der Waals surface area contributed by atoms with E-state index in [0.717, 1.165) is 12.2 Å². The lowest BCUT2D eigenvalue weighted by Gasteiger charge is -2.26. The van der Waals surface area contributed by atoms with Crippen LogP contribution < -0.4 is 10.1 Å². The summed E-state index contributed by atoms with van der Waals surface area (Å²) in [6.07, 6.45) is -3.81. The van der Waals surface area contributed by atoms with Crippen LogP contribution in [0.1, 0.15) is 20.3 Å². The van der Waals surface area contributed by atoms with Crippen LogP contribution in [-0.4, -0.2) is 22.8 Å². The molecule has 116 valence electrons. The largest absolute Gasteiger partial charge is 0.573 e. The Hall–Kier alpha value is -0.890. The molecular weight excluding hydrogens is 369 g/mol. The van der Waals surface area contributed by atoms with Crippen LogP contribution in [0.3, 0.4) is 0 Å². The summed E-state index contributed by atoms with van der Waals surface area (Å²) < 4.78 is 41.9. The number of benzene rings is 1. The molecule has 0 saturated heterocycles. The Labute approximate surface area is 133 Å². The topological polar surface area (TPSA) is 33.6 Å². The number of anilines is 1. The Kier molecular flexibility index (Phi) is 4.77.